The summed E-state index contributed by atoms with van der Waals surface area (Å²) in [5.41, 5.74) is 1.97. The van der Waals surface area contributed by atoms with Gasteiger partial charge in [-0.3, -0.25) is 4.79 Å². The van der Waals surface area contributed by atoms with Gasteiger partial charge in [0.2, 0.25) is 15.9 Å². The molecule has 3 N–H and O–H groups in total. The van der Waals surface area contributed by atoms with Gasteiger partial charge in [-0.1, -0.05) is 23.5 Å². The normalized spacial score (nSPS) is 12.7. The highest BCUT2D eigenvalue weighted by Crippen LogP contribution is 2.27. The summed E-state index contributed by atoms with van der Waals surface area (Å²) in [6.07, 6.45) is 3.52. The van der Waals surface area contributed by atoms with E-state index in [2.05, 4.69) is 15.4 Å². The van der Waals surface area contributed by atoms with E-state index in [9.17, 15) is 13.2 Å². The van der Waals surface area contributed by atoms with Gasteiger partial charge in [-0.15, -0.1) is 0 Å². The van der Waals surface area contributed by atoms with Crippen LogP contribution >= 0.6 is 11.3 Å². The Morgan fingerprint density at radius 2 is 2.00 bits per heavy atom. The first kappa shape index (κ1) is 18.2. The number of nitrogens with zero attached hydrogens (tertiary/aromatic N) is 3. The van der Waals surface area contributed by atoms with Gasteiger partial charge >= 0.3 is 0 Å². The Labute approximate surface area is 154 Å². The molecule has 8 nitrogen and oxygen atoms in total. The average molecular weight is 391 g/mol. The lowest BCUT2D eigenvalue weighted by Gasteiger charge is -2.12. The van der Waals surface area contributed by atoms with E-state index < -0.39 is 15.9 Å². The standard InChI is InChI=1S/C16H17N5O3S2/c1-10(12-4-6-13(7-5-12)21-9-3-8-18-21)14(22)20-16-19-11(2)15(25-16)26(17,23)24/h3-10H,1-2H3,(H2,17,23,24)(H,19,20,22). The largest absolute Gasteiger partial charge is 0.301 e. The lowest BCUT2D eigenvalue weighted by atomic mass is 10.0. The van der Waals surface area contributed by atoms with Crippen LogP contribution in [0.25, 0.3) is 5.69 Å². The minimum absolute atomic E-state index is 0.0518. The topological polar surface area (TPSA) is 120 Å². The quantitative estimate of drug-likeness (QED) is 0.689. The molecule has 1 aromatic carbocycles. The first-order chi connectivity index (χ1) is 12.3. The third kappa shape index (κ3) is 3.82. The maximum Gasteiger partial charge on any atom is 0.249 e. The Morgan fingerprint density at radius 1 is 1.31 bits per heavy atom. The number of aromatic nitrogens is 3. The lowest BCUT2D eigenvalue weighted by molar-refractivity contribution is -0.117. The van der Waals surface area contributed by atoms with Crippen molar-refractivity contribution in [3.05, 3.63) is 54.0 Å². The highest BCUT2D eigenvalue weighted by molar-refractivity contribution is 7.91. The summed E-state index contributed by atoms with van der Waals surface area (Å²) in [6, 6.07) is 9.28. The van der Waals surface area contributed by atoms with E-state index in [0.717, 1.165) is 22.6 Å². The first-order valence-corrected chi connectivity index (χ1v) is 10.0. The molecule has 3 aromatic rings. The molecule has 1 amide bonds. The van der Waals surface area contributed by atoms with Crippen molar-refractivity contribution in [1.82, 2.24) is 14.8 Å². The molecule has 26 heavy (non-hydrogen) atoms. The number of aryl methyl sites for hydroxylation is 1. The molecular weight excluding hydrogens is 374 g/mol. The fourth-order valence-corrected chi connectivity index (χ4v) is 4.26. The summed E-state index contributed by atoms with van der Waals surface area (Å²) in [7, 11) is -3.85. The predicted octanol–water partition coefficient (Wildman–Crippen LogP) is 2.03. The molecule has 0 fully saturated rings. The van der Waals surface area contributed by atoms with Crippen LogP contribution in [-0.2, 0) is 14.8 Å². The number of anilines is 1. The van der Waals surface area contributed by atoms with Crippen LogP contribution in [0.2, 0.25) is 0 Å². The van der Waals surface area contributed by atoms with E-state index in [4.69, 9.17) is 5.14 Å². The maximum absolute atomic E-state index is 12.5. The van der Waals surface area contributed by atoms with Crippen LogP contribution < -0.4 is 10.5 Å². The summed E-state index contributed by atoms with van der Waals surface area (Å²) in [6.45, 7) is 3.29. The molecule has 1 atom stereocenters. The predicted molar refractivity (Wildman–Crippen MR) is 98.8 cm³/mol. The minimum Gasteiger partial charge on any atom is -0.301 e. The molecule has 0 saturated heterocycles. The van der Waals surface area contributed by atoms with Crippen molar-refractivity contribution in [2.24, 2.45) is 5.14 Å². The van der Waals surface area contributed by atoms with Gasteiger partial charge in [0.15, 0.2) is 9.34 Å². The third-order valence-electron chi connectivity index (χ3n) is 3.80. The summed E-state index contributed by atoms with van der Waals surface area (Å²) in [4.78, 5) is 16.5. The molecule has 2 heterocycles. The third-order valence-corrected chi connectivity index (χ3v) is 6.42. The minimum atomic E-state index is -3.85. The van der Waals surface area contributed by atoms with Crippen molar-refractivity contribution >= 4 is 32.4 Å². The molecule has 3 rings (SSSR count). The van der Waals surface area contributed by atoms with E-state index >= 15 is 0 Å². The Balaban J connectivity index is 1.74. The van der Waals surface area contributed by atoms with E-state index in [1.54, 1.807) is 17.8 Å². The van der Waals surface area contributed by atoms with Crippen LogP contribution in [0.3, 0.4) is 0 Å². The summed E-state index contributed by atoms with van der Waals surface area (Å²) >= 11 is 0.840. The molecule has 10 heteroatoms. The molecule has 0 spiro atoms. The number of nitrogens with two attached hydrogens (primary N) is 1. The van der Waals surface area contributed by atoms with Crippen LogP contribution in [0.15, 0.2) is 46.9 Å². The number of rotatable bonds is 5. The number of carbonyl (C=O) groups excluding carboxylic acids is 1. The van der Waals surface area contributed by atoms with Crippen LogP contribution in [0, 0.1) is 6.92 Å². The fourth-order valence-electron chi connectivity index (χ4n) is 2.40. The van der Waals surface area contributed by atoms with E-state index in [1.807, 2.05) is 36.5 Å². The molecule has 0 saturated carbocycles. The molecule has 136 valence electrons. The Kier molecular flexibility index (Phi) is 4.90. The lowest BCUT2D eigenvalue weighted by Crippen LogP contribution is -2.18. The molecule has 0 bridgehead atoms. The van der Waals surface area contributed by atoms with Crippen molar-refractivity contribution in [2.75, 3.05) is 5.32 Å². The second kappa shape index (κ2) is 6.98. The molecule has 2 aromatic heterocycles. The van der Waals surface area contributed by atoms with Crippen molar-refractivity contribution in [3.8, 4) is 5.69 Å². The Bertz CT molecular complexity index is 1020. The second-order valence-electron chi connectivity index (χ2n) is 5.69. The molecule has 0 aliphatic heterocycles. The number of sulfonamides is 1. The van der Waals surface area contributed by atoms with Crippen LogP contribution in [0.4, 0.5) is 5.13 Å². The Hall–Kier alpha value is -2.56. The first-order valence-electron chi connectivity index (χ1n) is 7.67. The summed E-state index contributed by atoms with van der Waals surface area (Å²) in [5.74, 6) is -0.727. The van der Waals surface area contributed by atoms with Crippen molar-refractivity contribution in [1.29, 1.82) is 0 Å². The second-order valence-corrected chi connectivity index (χ2v) is 8.45. The molecule has 1 unspecified atom stereocenters. The highest BCUT2D eigenvalue weighted by Gasteiger charge is 2.21. The van der Waals surface area contributed by atoms with E-state index in [0.29, 0.717) is 0 Å². The smallest absolute Gasteiger partial charge is 0.249 e. The zero-order valence-electron chi connectivity index (χ0n) is 14.1. The number of amides is 1. The average Bonchev–Trinajstić information content (AvgIpc) is 3.23. The van der Waals surface area contributed by atoms with Gasteiger partial charge in [-0.25, -0.2) is 23.2 Å². The van der Waals surface area contributed by atoms with E-state index in [1.165, 1.54) is 6.92 Å². The van der Waals surface area contributed by atoms with Gasteiger partial charge in [0.05, 0.1) is 17.3 Å². The monoisotopic (exact) mass is 391 g/mol. The van der Waals surface area contributed by atoms with Gasteiger partial charge in [0.25, 0.3) is 0 Å². The van der Waals surface area contributed by atoms with Gasteiger partial charge in [-0.2, -0.15) is 5.10 Å². The van der Waals surface area contributed by atoms with Gasteiger partial charge in [0, 0.05) is 12.4 Å². The summed E-state index contributed by atoms with van der Waals surface area (Å²) in [5, 5.41) is 12.1. The summed E-state index contributed by atoms with van der Waals surface area (Å²) < 4.78 is 24.6. The van der Waals surface area contributed by atoms with Crippen molar-refractivity contribution < 1.29 is 13.2 Å². The Morgan fingerprint density at radius 3 is 2.54 bits per heavy atom. The molecule has 0 aliphatic rings. The fraction of sp³-hybridized carbons (Fsp3) is 0.188. The van der Waals surface area contributed by atoms with Gasteiger partial charge in [0.1, 0.15) is 0 Å². The number of carbonyl (C=O) groups is 1. The highest BCUT2D eigenvalue weighted by atomic mass is 32.2. The van der Waals surface area contributed by atoms with Gasteiger partial charge < -0.3 is 5.32 Å². The number of hydrogen-bond acceptors (Lipinski definition) is 6. The van der Waals surface area contributed by atoms with Crippen LogP contribution in [0.5, 0.6) is 0 Å². The van der Waals surface area contributed by atoms with Crippen LogP contribution in [-0.4, -0.2) is 29.1 Å². The number of primary sulfonamides is 1. The maximum atomic E-state index is 12.5. The van der Waals surface area contributed by atoms with Crippen LogP contribution in [0.1, 0.15) is 24.1 Å². The van der Waals surface area contributed by atoms with Crippen molar-refractivity contribution in [2.45, 2.75) is 24.0 Å². The molecule has 0 radical (unpaired) electrons. The number of nitrogens with one attached hydrogen (secondary N) is 1. The number of benzene rings is 1. The SMILES string of the molecule is Cc1nc(NC(=O)C(C)c2ccc(-n3cccn3)cc2)sc1S(N)(=O)=O. The van der Waals surface area contributed by atoms with Gasteiger partial charge in [-0.05, 0) is 37.6 Å². The number of thiazole rings is 1. The number of hydrogen-bond donors (Lipinski definition) is 2. The molecule has 0 aliphatic carbocycles. The van der Waals surface area contributed by atoms with E-state index in [-0.39, 0.29) is 20.9 Å². The molecular formula is C16H17N5O3S2. The zero-order valence-corrected chi connectivity index (χ0v) is 15.7. The zero-order chi connectivity index (χ0) is 18.9. The van der Waals surface area contributed by atoms with Crippen molar-refractivity contribution in [3.63, 3.8) is 0 Å².